The third-order valence-electron chi connectivity index (χ3n) is 5.98. The molecule has 2 saturated heterocycles. The van der Waals surface area contributed by atoms with Crippen molar-refractivity contribution in [1.82, 2.24) is 0 Å². The first-order chi connectivity index (χ1) is 13.6. The van der Waals surface area contributed by atoms with Crippen LogP contribution in [0.2, 0.25) is 0 Å². The molecule has 2 bridgehead atoms. The molecule has 148 valence electrons. The van der Waals surface area contributed by atoms with E-state index < -0.39 is 5.97 Å². The molecule has 3 aliphatic rings. The van der Waals surface area contributed by atoms with Gasteiger partial charge >= 0.3 is 5.97 Å². The maximum absolute atomic E-state index is 10.7. The second kappa shape index (κ2) is 8.18. The second-order valence-electron chi connectivity index (χ2n) is 7.92. The molecule has 0 spiro atoms. The number of ether oxygens (including phenoxy) is 2. The van der Waals surface area contributed by atoms with E-state index in [0.29, 0.717) is 5.75 Å². The SMILES string of the molecule is O=C(O)CCSCC12CCC(c3cccc(Oc4ccccc4)c3)(CC1)OC2. The van der Waals surface area contributed by atoms with Crippen LogP contribution in [0.15, 0.2) is 54.6 Å². The van der Waals surface area contributed by atoms with Gasteiger partial charge in [-0.3, -0.25) is 4.79 Å². The van der Waals surface area contributed by atoms with Crippen molar-refractivity contribution in [1.29, 1.82) is 0 Å². The Kier molecular flexibility index (Phi) is 5.65. The van der Waals surface area contributed by atoms with Crippen LogP contribution in [0, 0.1) is 5.41 Å². The zero-order chi connectivity index (χ0) is 19.5. The lowest BCUT2D eigenvalue weighted by atomic mass is 9.65. The van der Waals surface area contributed by atoms with Crippen molar-refractivity contribution in [3.05, 3.63) is 60.2 Å². The summed E-state index contributed by atoms with van der Waals surface area (Å²) in [5.41, 5.74) is 1.21. The quantitative estimate of drug-likeness (QED) is 0.597. The predicted molar refractivity (Wildman–Crippen MR) is 111 cm³/mol. The molecule has 5 heteroatoms. The molecule has 28 heavy (non-hydrogen) atoms. The number of rotatable bonds is 8. The molecule has 0 aromatic heterocycles. The Morgan fingerprint density at radius 2 is 1.79 bits per heavy atom. The van der Waals surface area contributed by atoms with E-state index in [1.54, 1.807) is 11.8 Å². The van der Waals surface area contributed by atoms with Crippen LogP contribution in [-0.4, -0.2) is 29.2 Å². The Labute approximate surface area is 170 Å². The zero-order valence-electron chi connectivity index (χ0n) is 15.9. The number of benzene rings is 2. The molecule has 2 aromatic rings. The zero-order valence-corrected chi connectivity index (χ0v) is 16.7. The first-order valence-electron chi connectivity index (χ1n) is 9.86. The summed E-state index contributed by atoms with van der Waals surface area (Å²) in [4.78, 5) is 10.7. The summed E-state index contributed by atoms with van der Waals surface area (Å²) in [5.74, 6) is 2.63. The minimum absolute atomic E-state index is 0.205. The van der Waals surface area contributed by atoms with Crippen LogP contribution in [0.1, 0.15) is 37.7 Å². The smallest absolute Gasteiger partial charge is 0.304 e. The number of fused-ring (bicyclic) bond motifs is 3. The van der Waals surface area contributed by atoms with Crippen LogP contribution in [0.5, 0.6) is 11.5 Å². The first kappa shape index (κ1) is 19.3. The summed E-state index contributed by atoms with van der Waals surface area (Å²) in [7, 11) is 0. The molecule has 0 atom stereocenters. The monoisotopic (exact) mass is 398 g/mol. The fourth-order valence-electron chi connectivity index (χ4n) is 4.24. The fraction of sp³-hybridized carbons (Fsp3) is 0.435. The van der Waals surface area contributed by atoms with Gasteiger partial charge in [0.2, 0.25) is 0 Å². The number of aliphatic carboxylic acids is 1. The maximum atomic E-state index is 10.7. The third-order valence-corrected chi connectivity index (χ3v) is 7.29. The van der Waals surface area contributed by atoms with E-state index in [1.807, 2.05) is 42.5 Å². The van der Waals surface area contributed by atoms with Crippen LogP contribution in [0.3, 0.4) is 0 Å². The Bertz CT molecular complexity index is 796. The number of para-hydroxylation sites is 1. The van der Waals surface area contributed by atoms with Crippen molar-refractivity contribution in [2.75, 3.05) is 18.1 Å². The highest BCUT2D eigenvalue weighted by Crippen LogP contribution is 2.54. The number of carboxylic acids is 1. The van der Waals surface area contributed by atoms with Crippen LogP contribution >= 0.6 is 11.8 Å². The summed E-state index contributed by atoms with van der Waals surface area (Å²) in [6.07, 6.45) is 4.54. The van der Waals surface area contributed by atoms with E-state index in [4.69, 9.17) is 14.6 Å². The van der Waals surface area contributed by atoms with Gasteiger partial charge in [-0.2, -0.15) is 11.8 Å². The van der Waals surface area contributed by atoms with E-state index in [-0.39, 0.29) is 17.4 Å². The largest absolute Gasteiger partial charge is 0.481 e. The number of carbonyl (C=O) groups is 1. The van der Waals surface area contributed by atoms with Gasteiger partial charge in [0.1, 0.15) is 11.5 Å². The summed E-state index contributed by atoms with van der Waals surface area (Å²) < 4.78 is 12.5. The molecule has 4 nitrogen and oxygen atoms in total. The minimum Gasteiger partial charge on any atom is -0.481 e. The molecule has 5 rings (SSSR count). The summed E-state index contributed by atoms with van der Waals surface area (Å²) in [6, 6.07) is 18.1. The number of hydrogen-bond acceptors (Lipinski definition) is 4. The Hall–Kier alpha value is -1.98. The number of hydrogen-bond donors (Lipinski definition) is 1. The van der Waals surface area contributed by atoms with Crippen molar-refractivity contribution >= 4 is 17.7 Å². The predicted octanol–water partition coefficient (Wildman–Crippen LogP) is 5.47. The standard InChI is InChI=1S/C23H26O4S/c24-21(25)9-14-28-17-22-10-12-23(13-11-22,26-16-22)18-5-4-8-20(15-18)27-19-6-2-1-3-7-19/h1-8,15H,9-14,16-17H2,(H,24,25). The molecule has 0 radical (unpaired) electrons. The van der Waals surface area contributed by atoms with Crippen LogP contribution < -0.4 is 4.74 Å². The normalized spacial score (nSPS) is 26.1. The van der Waals surface area contributed by atoms with Crippen molar-refractivity contribution in [3.63, 3.8) is 0 Å². The summed E-state index contributed by atoms with van der Waals surface area (Å²) in [5, 5.41) is 8.81. The highest BCUT2D eigenvalue weighted by molar-refractivity contribution is 7.99. The number of thioether (sulfide) groups is 1. The third kappa shape index (κ3) is 4.20. The average Bonchev–Trinajstić information content (AvgIpc) is 2.74. The highest BCUT2D eigenvalue weighted by atomic mass is 32.2. The lowest BCUT2D eigenvalue weighted by molar-refractivity contribution is -0.182. The van der Waals surface area contributed by atoms with E-state index in [9.17, 15) is 4.79 Å². The average molecular weight is 399 g/mol. The van der Waals surface area contributed by atoms with Crippen molar-refractivity contribution in [2.45, 2.75) is 37.7 Å². The van der Waals surface area contributed by atoms with Crippen LogP contribution in [0.4, 0.5) is 0 Å². The Morgan fingerprint density at radius 1 is 1.04 bits per heavy atom. The Morgan fingerprint density at radius 3 is 2.46 bits per heavy atom. The van der Waals surface area contributed by atoms with Gasteiger partial charge in [-0.05, 0) is 55.5 Å². The summed E-state index contributed by atoms with van der Waals surface area (Å²) in [6.45, 7) is 0.761. The molecule has 2 aromatic carbocycles. The number of carboxylic acid groups (broad SMARTS) is 1. The van der Waals surface area contributed by atoms with E-state index >= 15 is 0 Å². The Balaban J connectivity index is 1.40. The molecule has 1 N–H and O–H groups in total. The lowest BCUT2D eigenvalue weighted by Gasteiger charge is -2.53. The molecular formula is C23H26O4S. The summed E-state index contributed by atoms with van der Waals surface area (Å²) >= 11 is 1.75. The van der Waals surface area contributed by atoms with E-state index in [2.05, 4.69) is 12.1 Å². The van der Waals surface area contributed by atoms with Gasteiger partial charge in [-0.1, -0.05) is 30.3 Å². The molecule has 0 amide bonds. The highest BCUT2D eigenvalue weighted by Gasteiger charge is 2.50. The van der Waals surface area contributed by atoms with Crippen LogP contribution in [-0.2, 0) is 15.1 Å². The van der Waals surface area contributed by atoms with Gasteiger partial charge < -0.3 is 14.6 Å². The van der Waals surface area contributed by atoms with Gasteiger partial charge in [0.15, 0.2) is 0 Å². The molecule has 2 aliphatic heterocycles. The fourth-order valence-corrected chi connectivity index (χ4v) is 5.51. The van der Waals surface area contributed by atoms with Gasteiger partial charge in [0.25, 0.3) is 0 Å². The van der Waals surface area contributed by atoms with Crippen molar-refractivity contribution in [2.24, 2.45) is 5.41 Å². The van der Waals surface area contributed by atoms with Crippen LogP contribution in [0.25, 0.3) is 0 Å². The molecule has 1 aliphatic carbocycles. The van der Waals surface area contributed by atoms with Gasteiger partial charge in [-0.15, -0.1) is 0 Å². The lowest BCUT2D eigenvalue weighted by Crippen LogP contribution is -2.50. The second-order valence-corrected chi connectivity index (χ2v) is 9.03. The molecular weight excluding hydrogens is 372 g/mol. The van der Waals surface area contributed by atoms with Crippen molar-refractivity contribution < 1.29 is 19.4 Å². The topological polar surface area (TPSA) is 55.8 Å². The van der Waals surface area contributed by atoms with Gasteiger partial charge in [0, 0.05) is 16.9 Å². The molecule has 3 fully saturated rings. The molecule has 1 saturated carbocycles. The first-order valence-corrected chi connectivity index (χ1v) is 11.0. The minimum atomic E-state index is -0.717. The van der Waals surface area contributed by atoms with Crippen molar-refractivity contribution in [3.8, 4) is 11.5 Å². The maximum Gasteiger partial charge on any atom is 0.304 e. The van der Waals surface area contributed by atoms with Gasteiger partial charge in [-0.25, -0.2) is 0 Å². The molecule has 0 unspecified atom stereocenters. The van der Waals surface area contributed by atoms with Gasteiger partial charge in [0.05, 0.1) is 18.6 Å². The van der Waals surface area contributed by atoms with E-state index in [1.165, 1.54) is 5.56 Å². The molecule has 2 heterocycles. The van der Waals surface area contributed by atoms with E-state index in [0.717, 1.165) is 49.5 Å².